The number of unbranched alkanes of at least 4 members (excludes halogenated alkanes) is 1. The summed E-state index contributed by atoms with van der Waals surface area (Å²) in [5.74, 6) is 0.812. The Kier molecular flexibility index (Phi) is 9.72. The van der Waals surface area contributed by atoms with Crippen LogP contribution < -0.4 is 10.6 Å². The number of piperidine rings is 1. The number of fused-ring (bicyclic) bond motifs is 2. The first kappa shape index (κ1) is 27.9. The number of nitrogens with zero attached hydrogens (tertiary/aromatic N) is 2. The van der Waals surface area contributed by atoms with Crippen molar-refractivity contribution in [1.29, 1.82) is 0 Å². The number of hydrogen-bond acceptors (Lipinski definition) is 4. The third kappa shape index (κ3) is 7.10. The highest BCUT2D eigenvalue weighted by Gasteiger charge is 2.37. The lowest BCUT2D eigenvalue weighted by atomic mass is 9.77. The highest BCUT2D eigenvalue weighted by molar-refractivity contribution is 5.94. The molecule has 1 saturated carbocycles. The molecule has 7 nitrogen and oxygen atoms in total. The predicted octanol–water partition coefficient (Wildman–Crippen LogP) is 5.73. The van der Waals surface area contributed by atoms with E-state index in [-0.39, 0.29) is 17.4 Å². The maximum absolute atomic E-state index is 13.0. The van der Waals surface area contributed by atoms with E-state index >= 15 is 0 Å². The van der Waals surface area contributed by atoms with Gasteiger partial charge in [-0.2, -0.15) is 0 Å². The molecule has 0 bridgehead atoms. The molecule has 3 N–H and O–H groups in total. The van der Waals surface area contributed by atoms with Gasteiger partial charge in [-0.1, -0.05) is 57.8 Å². The number of hydrogen-bond donors (Lipinski definition) is 3. The Hall–Kier alpha value is -2.67. The third-order valence-electron chi connectivity index (χ3n) is 9.36. The van der Waals surface area contributed by atoms with Crippen LogP contribution in [0.3, 0.4) is 0 Å². The summed E-state index contributed by atoms with van der Waals surface area (Å²) < 4.78 is 0. The average Bonchev–Trinajstić information content (AvgIpc) is 3.43. The predicted molar refractivity (Wildman–Crippen MR) is 155 cm³/mol. The van der Waals surface area contributed by atoms with Crippen LogP contribution in [0.5, 0.6) is 0 Å². The summed E-state index contributed by atoms with van der Waals surface area (Å²) in [7, 11) is 0. The summed E-state index contributed by atoms with van der Waals surface area (Å²) in [5.41, 5.74) is 4.12. The van der Waals surface area contributed by atoms with Crippen LogP contribution in [0.1, 0.15) is 122 Å². The molecule has 1 aliphatic carbocycles. The fourth-order valence-electron chi connectivity index (χ4n) is 7.03. The van der Waals surface area contributed by atoms with E-state index in [1.807, 2.05) is 4.90 Å². The molecular weight excluding hydrogens is 486 g/mol. The number of amides is 2. The van der Waals surface area contributed by atoms with Crippen LogP contribution >= 0.6 is 0 Å². The zero-order valence-electron chi connectivity index (χ0n) is 23.6. The number of nitrogens with one attached hydrogen (secondary N) is 3. The van der Waals surface area contributed by atoms with E-state index < -0.39 is 0 Å². The zero-order chi connectivity index (χ0) is 26.9. The van der Waals surface area contributed by atoms with Crippen LogP contribution in [0.25, 0.3) is 0 Å². The number of H-pyrrole nitrogens is 1. The van der Waals surface area contributed by atoms with Gasteiger partial charge in [-0.15, -0.1) is 0 Å². The van der Waals surface area contributed by atoms with Crippen molar-refractivity contribution >= 4 is 11.8 Å². The molecule has 2 amide bonds. The van der Waals surface area contributed by atoms with E-state index in [4.69, 9.17) is 0 Å². The van der Waals surface area contributed by atoms with Crippen LogP contribution in [0.4, 0.5) is 0 Å². The largest absolute Gasteiger partial charge is 0.354 e. The molecule has 3 aliphatic rings. The van der Waals surface area contributed by atoms with Crippen molar-refractivity contribution in [3.05, 3.63) is 53.1 Å². The molecule has 212 valence electrons. The SMILES string of the molecule is O=C(NCCCCC1CCN(C(=O)c2ccncc2)CC1)c1cc2c([nH]1)CCNC21CCCCCCCCC1. The van der Waals surface area contributed by atoms with Crippen LogP contribution in [-0.2, 0) is 12.0 Å². The van der Waals surface area contributed by atoms with Gasteiger partial charge in [0.2, 0.25) is 0 Å². The van der Waals surface area contributed by atoms with Crippen molar-refractivity contribution < 1.29 is 9.59 Å². The van der Waals surface area contributed by atoms with Crippen LogP contribution in [0.15, 0.2) is 30.6 Å². The van der Waals surface area contributed by atoms with Crippen molar-refractivity contribution in [2.75, 3.05) is 26.2 Å². The van der Waals surface area contributed by atoms with E-state index in [9.17, 15) is 9.59 Å². The van der Waals surface area contributed by atoms with Crippen molar-refractivity contribution in [2.45, 2.75) is 102 Å². The Bertz CT molecular complexity index is 1060. The Morgan fingerprint density at radius 2 is 1.67 bits per heavy atom. The minimum Gasteiger partial charge on any atom is -0.354 e. The van der Waals surface area contributed by atoms with Gasteiger partial charge in [0.1, 0.15) is 5.69 Å². The molecule has 0 atom stereocenters. The van der Waals surface area contributed by atoms with Crippen LogP contribution in [-0.4, -0.2) is 52.9 Å². The van der Waals surface area contributed by atoms with E-state index in [1.54, 1.807) is 24.5 Å². The van der Waals surface area contributed by atoms with Crippen molar-refractivity contribution in [1.82, 2.24) is 25.5 Å². The lowest BCUT2D eigenvalue weighted by Crippen LogP contribution is -2.47. The summed E-state index contributed by atoms with van der Waals surface area (Å²) >= 11 is 0. The van der Waals surface area contributed by atoms with E-state index in [1.165, 1.54) is 69.0 Å². The minimum absolute atomic E-state index is 0.0300. The number of carbonyl (C=O) groups is 2. The second kappa shape index (κ2) is 13.6. The maximum Gasteiger partial charge on any atom is 0.267 e. The lowest BCUT2D eigenvalue weighted by molar-refractivity contribution is 0.0685. The first-order chi connectivity index (χ1) is 19.1. The third-order valence-corrected chi connectivity index (χ3v) is 9.36. The molecule has 1 spiro atoms. The summed E-state index contributed by atoms with van der Waals surface area (Å²) in [4.78, 5) is 35.2. The van der Waals surface area contributed by atoms with Gasteiger partial charge in [-0.25, -0.2) is 0 Å². The number of pyridine rings is 1. The van der Waals surface area contributed by atoms with Gasteiger partial charge in [0.25, 0.3) is 11.8 Å². The van der Waals surface area contributed by atoms with Crippen molar-refractivity contribution in [3.8, 4) is 0 Å². The number of carbonyl (C=O) groups excluding carboxylic acids is 2. The van der Waals surface area contributed by atoms with Crippen LogP contribution in [0.2, 0.25) is 0 Å². The lowest BCUT2D eigenvalue weighted by Gasteiger charge is -2.39. The quantitative estimate of drug-likeness (QED) is 0.397. The summed E-state index contributed by atoms with van der Waals surface area (Å²) in [6, 6.07) is 5.74. The van der Waals surface area contributed by atoms with Crippen molar-refractivity contribution in [3.63, 3.8) is 0 Å². The van der Waals surface area contributed by atoms with E-state index in [2.05, 4.69) is 26.7 Å². The van der Waals surface area contributed by atoms with Gasteiger partial charge in [0.15, 0.2) is 0 Å². The molecule has 0 radical (unpaired) electrons. The molecule has 4 heterocycles. The average molecular weight is 534 g/mol. The number of likely N-dealkylation sites (tertiary alicyclic amines) is 1. The topological polar surface area (TPSA) is 90.1 Å². The molecule has 5 rings (SSSR count). The minimum atomic E-state index is 0.0300. The highest BCUT2D eigenvalue weighted by Crippen LogP contribution is 2.39. The molecule has 7 heteroatoms. The van der Waals surface area contributed by atoms with E-state index in [0.717, 1.165) is 69.4 Å². The second-order valence-electron chi connectivity index (χ2n) is 12.0. The molecule has 2 aromatic heterocycles. The van der Waals surface area contributed by atoms with E-state index in [0.29, 0.717) is 12.5 Å². The monoisotopic (exact) mass is 533 g/mol. The highest BCUT2D eigenvalue weighted by atomic mass is 16.2. The molecular formula is C32H47N5O2. The number of aromatic nitrogens is 2. The number of rotatable bonds is 7. The Balaban J connectivity index is 1.04. The smallest absolute Gasteiger partial charge is 0.267 e. The first-order valence-corrected chi connectivity index (χ1v) is 15.6. The Morgan fingerprint density at radius 1 is 0.974 bits per heavy atom. The number of aromatic amines is 1. The zero-order valence-corrected chi connectivity index (χ0v) is 23.6. The van der Waals surface area contributed by atoms with Gasteiger partial charge in [0.05, 0.1) is 0 Å². The maximum atomic E-state index is 13.0. The molecule has 0 unspecified atom stereocenters. The molecule has 0 aromatic carbocycles. The van der Waals surface area contributed by atoms with Crippen molar-refractivity contribution in [2.24, 2.45) is 5.92 Å². The fraction of sp³-hybridized carbons (Fsp3) is 0.656. The Labute approximate surface area is 233 Å². The van der Waals surface area contributed by atoms with Gasteiger partial charge in [0, 0.05) is 61.8 Å². The Morgan fingerprint density at radius 3 is 2.38 bits per heavy atom. The van der Waals surface area contributed by atoms with Gasteiger partial charge in [-0.3, -0.25) is 14.6 Å². The second-order valence-corrected chi connectivity index (χ2v) is 12.0. The van der Waals surface area contributed by atoms with Gasteiger partial charge >= 0.3 is 0 Å². The summed E-state index contributed by atoms with van der Waals surface area (Å²) in [5, 5.41) is 7.06. The summed E-state index contributed by atoms with van der Waals surface area (Å²) in [6.07, 6.45) is 21.3. The van der Waals surface area contributed by atoms with Gasteiger partial charge < -0.3 is 20.5 Å². The molecule has 1 saturated heterocycles. The standard InChI is InChI=1S/C32H47N5O2/c38-30(29-24-27-28(36-29)13-21-35-32(27)16-7-4-2-1-3-5-8-17-32)34-18-9-6-10-25-14-22-37(23-15-25)31(39)26-11-19-33-20-12-26/h11-12,19-20,24-25,35-36H,1-10,13-18,21-23H2,(H,34,38). The normalized spacial score (nSPS) is 20.4. The summed E-state index contributed by atoms with van der Waals surface area (Å²) in [6.45, 7) is 3.36. The molecule has 39 heavy (non-hydrogen) atoms. The molecule has 2 aliphatic heterocycles. The molecule has 2 aromatic rings. The fourth-order valence-corrected chi connectivity index (χ4v) is 7.03. The first-order valence-electron chi connectivity index (χ1n) is 15.6. The molecule has 2 fully saturated rings. The van der Waals surface area contributed by atoms with Crippen LogP contribution in [0, 0.1) is 5.92 Å². The van der Waals surface area contributed by atoms with Gasteiger partial charge in [-0.05, 0) is 61.8 Å².